The van der Waals surface area contributed by atoms with Crippen molar-refractivity contribution in [3.63, 3.8) is 0 Å². The maximum absolute atomic E-state index is 15.4. The van der Waals surface area contributed by atoms with Crippen LogP contribution in [0, 0.1) is 17.5 Å². The van der Waals surface area contributed by atoms with Crippen molar-refractivity contribution in [2.75, 3.05) is 37.9 Å². The predicted molar refractivity (Wildman–Crippen MR) is 170 cm³/mol. The number of likely N-dealkylation sites (N-methyl/N-ethyl adjacent to an activating group) is 1. The van der Waals surface area contributed by atoms with Gasteiger partial charge in [0.2, 0.25) is 5.95 Å². The van der Waals surface area contributed by atoms with Crippen LogP contribution in [0.4, 0.5) is 30.5 Å². The Bertz CT molecular complexity index is 2030. The molecule has 46 heavy (non-hydrogen) atoms. The summed E-state index contributed by atoms with van der Waals surface area (Å²) >= 11 is 0. The van der Waals surface area contributed by atoms with E-state index in [1.807, 2.05) is 43.3 Å². The second-order valence-electron chi connectivity index (χ2n) is 10.6. The molecule has 0 unspecified atom stereocenters. The molecule has 232 valence electrons. The molecule has 0 saturated heterocycles. The number of hydrogen-bond donors (Lipinski definition) is 2. The van der Waals surface area contributed by atoms with Gasteiger partial charge in [-0.1, -0.05) is 24.3 Å². The van der Waals surface area contributed by atoms with Crippen LogP contribution in [0.3, 0.4) is 0 Å². The summed E-state index contributed by atoms with van der Waals surface area (Å²) in [4.78, 5) is 23.8. The molecule has 0 atom stereocenters. The summed E-state index contributed by atoms with van der Waals surface area (Å²) in [7, 11) is 3.94. The van der Waals surface area contributed by atoms with E-state index in [0.29, 0.717) is 40.6 Å². The second-order valence-corrected chi connectivity index (χ2v) is 10.6. The number of hydrogen-bond acceptors (Lipinski definition) is 7. The first-order valence-corrected chi connectivity index (χ1v) is 14.3. The quantitative estimate of drug-likeness (QED) is 0.173. The maximum Gasteiger partial charge on any atom is 0.261 e. The van der Waals surface area contributed by atoms with Gasteiger partial charge in [0.1, 0.15) is 46.6 Å². The highest BCUT2D eigenvalue weighted by atomic mass is 19.1. The zero-order valence-corrected chi connectivity index (χ0v) is 24.8. The summed E-state index contributed by atoms with van der Waals surface area (Å²) in [6, 6.07) is 21.6. The highest BCUT2D eigenvalue weighted by molar-refractivity contribution is 6.05. The van der Waals surface area contributed by atoms with Gasteiger partial charge < -0.3 is 20.3 Å². The number of amides is 1. The summed E-state index contributed by atoms with van der Waals surface area (Å²) in [5.74, 6) is -2.50. The summed E-state index contributed by atoms with van der Waals surface area (Å²) in [5, 5.41) is 10.4. The van der Waals surface area contributed by atoms with Crippen LogP contribution in [0.5, 0.6) is 5.75 Å². The maximum atomic E-state index is 15.4. The molecule has 12 heteroatoms. The van der Waals surface area contributed by atoms with Crippen LogP contribution in [-0.2, 0) is 0 Å². The third-order valence-electron chi connectivity index (χ3n) is 7.00. The monoisotopic (exact) mass is 623 g/mol. The minimum atomic E-state index is -0.983. The summed E-state index contributed by atoms with van der Waals surface area (Å²) < 4.78 is 51.1. The lowest BCUT2D eigenvalue weighted by Crippen LogP contribution is -2.19. The fraction of sp³-hybridized carbons (Fsp3) is 0.118. The molecule has 0 spiro atoms. The van der Waals surface area contributed by atoms with Crippen molar-refractivity contribution in [3.05, 3.63) is 120 Å². The number of carbonyl (C=O) groups is 1. The second kappa shape index (κ2) is 13.1. The Kier molecular flexibility index (Phi) is 8.61. The molecule has 3 aromatic heterocycles. The molecule has 2 N–H and O–H groups in total. The van der Waals surface area contributed by atoms with Crippen molar-refractivity contribution in [2.45, 2.75) is 0 Å². The van der Waals surface area contributed by atoms with Gasteiger partial charge in [0.05, 0.1) is 11.3 Å². The minimum absolute atomic E-state index is 0.182. The van der Waals surface area contributed by atoms with Crippen LogP contribution in [0.1, 0.15) is 10.4 Å². The van der Waals surface area contributed by atoms with Crippen LogP contribution in [0.25, 0.3) is 28.0 Å². The van der Waals surface area contributed by atoms with Gasteiger partial charge in [-0.15, -0.1) is 0 Å². The summed E-state index contributed by atoms with van der Waals surface area (Å²) in [5.41, 5.74) is 2.06. The zero-order valence-electron chi connectivity index (χ0n) is 24.8. The first kappa shape index (κ1) is 30.3. The summed E-state index contributed by atoms with van der Waals surface area (Å²) in [6.45, 7) is 1.29. The molecule has 3 aromatic carbocycles. The first-order valence-electron chi connectivity index (χ1n) is 14.3. The van der Waals surface area contributed by atoms with Gasteiger partial charge in [0.25, 0.3) is 5.91 Å². The van der Waals surface area contributed by atoms with Gasteiger partial charge in [0.15, 0.2) is 0 Å². The predicted octanol–water partition coefficient (Wildman–Crippen LogP) is 6.81. The number of carbonyl (C=O) groups excluding carboxylic acids is 1. The van der Waals surface area contributed by atoms with E-state index in [1.54, 1.807) is 42.7 Å². The molecular weight excluding hydrogens is 595 g/mol. The van der Waals surface area contributed by atoms with E-state index in [9.17, 15) is 13.6 Å². The molecule has 0 radical (unpaired) electrons. The molecule has 1 amide bonds. The SMILES string of the molecule is CN(C)CCOc1cccc(Nc2nccc(-c3c(-c4cccc(NC(=O)c5c(F)cccc5F)c4)nn4cccc(F)c34)n2)c1. The number of anilines is 3. The van der Waals surface area contributed by atoms with Gasteiger partial charge in [0, 0.05) is 41.9 Å². The van der Waals surface area contributed by atoms with Crippen molar-refractivity contribution in [1.29, 1.82) is 0 Å². The van der Waals surface area contributed by atoms with E-state index in [4.69, 9.17) is 9.72 Å². The standard InChI is InChI=1S/C34H28F3N7O2/c1-43(2)17-18-46-24-10-4-9-23(20-24)40-34-38-15-14-28(41-34)30-31(42-44-16-6-13-27(37)32(30)44)21-7-3-8-22(19-21)39-33(45)29-25(35)11-5-12-26(29)36/h3-16,19-20H,17-18H2,1-2H3,(H,39,45)(H,38,40,41). The number of ether oxygens (including phenoxy) is 1. The zero-order chi connectivity index (χ0) is 32.2. The fourth-order valence-electron chi connectivity index (χ4n) is 4.85. The Hall–Kier alpha value is -5.75. The van der Waals surface area contributed by atoms with E-state index in [2.05, 4.69) is 20.7 Å². The van der Waals surface area contributed by atoms with Gasteiger partial charge in [-0.2, -0.15) is 5.10 Å². The lowest BCUT2D eigenvalue weighted by Gasteiger charge is -2.12. The number of pyridine rings is 1. The number of fused-ring (bicyclic) bond motifs is 1. The lowest BCUT2D eigenvalue weighted by atomic mass is 10.0. The van der Waals surface area contributed by atoms with Crippen LogP contribution >= 0.6 is 0 Å². The van der Waals surface area contributed by atoms with Crippen LogP contribution in [0.2, 0.25) is 0 Å². The van der Waals surface area contributed by atoms with Crippen molar-refractivity contribution in [1.82, 2.24) is 24.5 Å². The molecule has 6 rings (SSSR count). The Morgan fingerprint density at radius 3 is 2.43 bits per heavy atom. The summed E-state index contributed by atoms with van der Waals surface area (Å²) in [6.07, 6.45) is 3.16. The highest BCUT2D eigenvalue weighted by Gasteiger charge is 2.22. The van der Waals surface area contributed by atoms with Gasteiger partial charge in [-0.3, -0.25) is 4.79 Å². The molecule has 0 saturated carbocycles. The van der Waals surface area contributed by atoms with Crippen molar-refractivity contribution >= 4 is 28.7 Å². The Morgan fingerprint density at radius 1 is 0.891 bits per heavy atom. The number of halogens is 3. The molecule has 0 aliphatic rings. The number of nitrogens with one attached hydrogen (secondary N) is 2. The number of rotatable bonds is 10. The van der Waals surface area contributed by atoms with Crippen LogP contribution in [0.15, 0.2) is 97.3 Å². The van der Waals surface area contributed by atoms with Gasteiger partial charge >= 0.3 is 0 Å². The highest BCUT2D eigenvalue weighted by Crippen LogP contribution is 2.36. The molecule has 9 nitrogen and oxygen atoms in total. The third kappa shape index (κ3) is 6.52. The number of nitrogens with zero attached hydrogens (tertiary/aromatic N) is 5. The number of aromatic nitrogens is 4. The van der Waals surface area contributed by atoms with E-state index in [1.165, 1.54) is 22.7 Å². The van der Waals surface area contributed by atoms with Gasteiger partial charge in [-0.25, -0.2) is 27.7 Å². The average molecular weight is 624 g/mol. The van der Waals surface area contributed by atoms with Crippen LogP contribution in [-0.4, -0.2) is 57.6 Å². The normalized spacial score (nSPS) is 11.2. The average Bonchev–Trinajstić information content (AvgIpc) is 3.43. The lowest BCUT2D eigenvalue weighted by molar-refractivity contribution is 0.101. The first-order chi connectivity index (χ1) is 22.3. The Morgan fingerprint density at radius 2 is 1.63 bits per heavy atom. The van der Waals surface area contributed by atoms with E-state index >= 15 is 4.39 Å². The third-order valence-corrected chi connectivity index (χ3v) is 7.00. The van der Waals surface area contributed by atoms with Crippen LogP contribution < -0.4 is 15.4 Å². The molecule has 0 aliphatic carbocycles. The van der Waals surface area contributed by atoms with E-state index in [-0.39, 0.29) is 17.2 Å². The van der Waals surface area contributed by atoms with Gasteiger partial charge in [-0.05, 0) is 68.7 Å². The molecular formula is C34H28F3N7O2. The molecule has 0 aliphatic heterocycles. The molecule has 0 fully saturated rings. The molecule has 0 bridgehead atoms. The topological polar surface area (TPSA) is 96.7 Å². The van der Waals surface area contributed by atoms with Crippen molar-refractivity contribution in [3.8, 4) is 28.3 Å². The van der Waals surface area contributed by atoms with E-state index in [0.717, 1.165) is 18.7 Å². The van der Waals surface area contributed by atoms with Crippen molar-refractivity contribution in [2.24, 2.45) is 0 Å². The van der Waals surface area contributed by atoms with E-state index < -0.39 is 28.9 Å². The Labute approximate surface area is 262 Å². The smallest absolute Gasteiger partial charge is 0.261 e. The minimum Gasteiger partial charge on any atom is -0.492 e. The Balaban J connectivity index is 1.34. The van der Waals surface area contributed by atoms with Crippen molar-refractivity contribution < 1.29 is 22.7 Å². The molecule has 3 heterocycles. The fourth-order valence-corrected chi connectivity index (χ4v) is 4.85. The largest absolute Gasteiger partial charge is 0.492 e. The number of benzene rings is 3. The molecule has 6 aromatic rings.